The zero-order valence-corrected chi connectivity index (χ0v) is 18.5. The second-order valence-electron chi connectivity index (χ2n) is 8.01. The lowest BCUT2D eigenvalue weighted by Crippen LogP contribution is -2.33. The van der Waals surface area contributed by atoms with Gasteiger partial charge in [0.1, 0.15) is 11.5 Å². The first-order valence-corrected chi connectivity index (χ1v) is 10.6. The number of hydrazone groups is 1. The molecule has 2 aliphatic heterocycles. The number of hydrogen-bond acceptors (Lipinski definition) is 5. The Balaban J connectivity index is 1.55. The number of halogens is 1. The summed E-state index contributed by atoms with van der Waals surface area (Å²) in [4.78, 5) is 2.08. The number of fused-ring (bicyclic) bond motifs is 3. The molecule has 5 nitrogen and oxygen atoms in total. The van der Waals surface area contributed by atoms with E-state index in [0.29, 0.717) is 5.02 Å². The highest BCUT2D eigenvalue weighted by Crippen LogP contribution is 2.48. The highest BCUT2D eigenvalue weighted by Gasteiger charge is 2.41. The van der Waals surface area contributed by atoms with Crippen molar-refractivity contribution in [2.24, 2.45) is 5.10 Å². The molecule has 0 spiro atoms. The van der Waals surface area contributed by atoms with Gasteiger partial charge in [-0.1, -0.05) is 23.7 Å². The normalized spacial score (nSPS) is 19.2. The van der Waals surface area contributed by atoms with Crippen molar-refractivity contribution in [2.45, 2.75) is 18.7 Å². The molecule has 0 saturated carbocycles. The summed E-state index contributed by atoms with van der Waals surface area (Å²) < 4.78 is 11.7. The third-order valence-corrected chi connectivity index (χ3v) is 6.10. The van der Waals surface area contributed by atoms with Gasteiger partial charge in [-0.3, -0.25) is 0 Å². The predicted octanol–water partition coefficient (Wildman–Crippen LogP) is 5.66. The van der Waals surface area contributed by atoms with Crippen molar-refractivity contribution in [3.05, 3.63) is 88.4 Å². The van der Waals surface area contributed by atoms with Crippen molar-refractivity contribution in [2.75, 3.05) is 26.1 Å². The summed E-state index contributed by atoms with van der Waals surface area (Å²) in [5.41, 5.74) is 5.39. The van der Waals surface area contributed by atoms with E-state index in [0.717, 1.165) is 46.0 Å². The van der Waals surface area contributed by atoms with E-state index in [1.807, 2.05) is 44.4 Å². The third kappa shape index (κ3) is 3.59. The molecule has 31 heavy (non-hydrogen) atoms. The van der Waals surface area contributed by atoms with Crippen molar-refractivity contribution in [3.8, 4) is 11.5 Å². The first-order valence-electron chi connectivity index (χ1n) is 10.3. The Labute approximate surface area is 187 Å². The van der Waals surface area contributed by atoms with E-state index in [9.17, 15) is 0 Å². The molecule has 2 atom stereocenters. The fraction of sp³-hybridized carbons (Fsp3) is 0.240. The smallest absolute Gasteiger partial charge is 0.213 e. The Kier molecular flexibility index (Phi) is 4.98. The van der Waals surface area contributed by atoms with Crippen LogP contribution in [0.1, 0.15) is 35.4 Å². The summed E-state index contributed by atoms with van der Waals surface area (Å²) in [6.45, 7) is 0. The lowest BCUT2D eigenvalue weighted by Gasteiger charge is -2.38. The second kappa shape index (κ2) is 7.82. The molecule has 0 N–H and O–H groups in total. The van der Waals surface area contributed by atoms with Crippen molar-refractivity contribution in [1.29, 1.82) is 0 Å². The predicted molar refractivity (Wildman–Crippen MR) is 124 cm³/mol. The molecule has 0 saturated heterocycles. The first-order chi connectivity index (χ1) is 15.0. The number of rotatable bonds is 4. The van der Waals surface area contributed by atoms with E-state index in [4.69, 9.17) is 26.2 Å². The van der Waals surface area contributed by atoms with E-state index in [-0.39, 0.29) is 12.3 Å². The van der Waals surface area contributed by atoms with Crippen molar-refractivity contribution in [1.82, 2.24) is 5.01 Å². The van der Waals surface area contributed by atoms with Crippen molar-refractivity contribution < 1.29 is 9.47 Å². The maximum atomic E-state index is 6.43. The molecule has 2 unspecified atom stereocenters. The average molecular weight is 434 g/mol. The zero-order valence-electron chi connectivity index (χ0n) is 17.7. The standard InChI is InChI=1S/C25H24ClN3O2/c1-28(2)19-9-4-17(5-10-19)25-29-23(21-14-18(26)8-13-24(21)31-25)15-22(27-29)16-6-11-20(30-3)12-7-16/h4-14,23,25H,15H2,1-3H3. The van der Waals surface area contributed by atoms with E-state index in [1.165, 1.54) is 0 Å². The van der Waals surface area contributed by atoms with Crippen LogP contribution in [0, 0.1) is 0 Å². The fourth-order valence-corrected chi connectivity index (χ4v) is 4.35. The zero-order chi connectivity index (χ0) is 21.5. The van der Waals surface area contributed by atoms with Crippen LogP contribution in [0.2, 0.25) is 5.02 Å². The van der Waals surface area contributed by atoms with Crippen LogP contribution in [0.5, 0.6) is 11.5 Å². The SMILES string of the molecule is COc1ccc(C2=NN3C(C2)c2cc(Cl)ccc2OC3c2ccc(N(C)C)cc2)cc1. The number of benzene rings is 3. The van der Waals surface area contributed by atoms with Crippen LogP contribution in [0.15, 0.2) is 71.8 Å². The number of hydrogen-bond donors (Lipinski definition) is 0. The summed E-state index contributed by atoms with van der Waals surface area (Å²) in [7, 11) is 5.74. The largest absolute Gasteiger partial charge is 0.497 e. The van der Waals surface area contributed by atoms with Gasteiger partial charge in [0.25, 0.3) is 0 Å². The number of anilines is 1. The minimum atomic E-state index is -0.300. The van der Waals surface area contributed by atoms with Gasteiger partial charge in [0, 0.05) is 42.4 Å². The average Bonchev–Trinajstić information content (AvgIpc) is 3.24. The van der Waals surface area contributed by atoms with Crippen LogP contribution in [-0.2, 0) is 0 Å². The molecular weight excluding hydrogens is 410 g/mol. The Morgan fingerprint density at radius 2 is 1.77 bits per heavy atom. The number of nitrogens with zero attached hydrogens (tertiary/aromatic N) is 3. The Morgan fingerprint density at radius 1 is 1.03 bits per heavy atom. The summed E-state index contributed by atoms with van der Waals surface area (Å²) in [6, 6.07) is 22.4. The molecule has 6 heteroatoms. The molecular formula is C25H24ClN3O2. The summed E-state index contributed by atoms with van der Waals surface area (Å²) in [5.74, 6) is 1.69. The first kappa shape index (κ1) is 19.8. The van der Waals surface area contributed by atoms with Crippen LogP contribution in [0.25, 0.3) is 0 Å². The van der Waals surface area contributed by atoms with Gasteiger partial charge in [-0.05, 0) is 60.2 Å². The summed E-state index contributed by atoms with van der Waals surface area (Å²) in [5, 5.41) is 7.79. The van der Waals surface area contributed by atoms with Gasteiger partial charge in [0.15, 0.2) is 0 Å². The second-order valence-corrected chi connectivity index (χ2v) is 8.45. The van der Waals surface area contributed by atoms with Gasteiger partial charge in [0.2, 0.25) is 6.23 Å². The van der Waals surface area contributed by atoms with Crippen molar-refractivity contribution >= 4 is 23.0 Å². The number of ether oxygens (including phenoxy) is 2. The van der Waals surface area contributed by atoms with Crippen LogP contribution < -0.4 is 14.4 Å². The van der Waals surface area contributed by atoms with Crippen LogP contribution in [0.4, 0.5) is 5.69 Å². The summed E-state index contributed by atoms with van der Waals surface area (Å²) in [6.07, 6.45) is 0.487. The molecule has 0 radical (unpaired) electrons. The Morgan fingerprint density at radius 3 is 2.45 bits per heavy atom. The van der Waals surface area contributed by atoms with Gasteiger partial charge >= 0.3 is 0 Å². The minimum Gasteiger partial charge on any atom is -0.497 e. The number of methoxy groups -OCH3 is 1. The molecule has 0 bridgehead atoms. The van der Waals surface area contributed by atoms with Gasteiger partial charge < -0.3 is 14.4 Å². The molecule has 2 aliphatic rings. The Hall–Kier alpha value is -3.18. The molecule has 0 fully saturated rings. The molecule has 0 aliphatic carbocycles. The lowest BCUT2D eigenvalue weighted by atomic mass is 9.96. The Bertz CT molecular complexity index is 1130. The van der Waals surface area contributed by atoms with Crippen LogP contribution >= 0.6 is 11.6 Å². The fourth-order valence-electron chi connectivity index (χ4n) is 4.17. The van der Waals surface area contributed by atoms with E-state index < -0.39 is 0 Å². The van der Waals surface area contributed by atoms with Gasteiger partial charge in [-0.2, -0.15) is 5.10 Å². The maximum absolute atomic E-state index is 6.43. The van der Waals surface area contributed by atoms with Crippen molar-refractivity contribution in [3.63, 3.8) is 0 Å². The van der Waals surface area contributed by atoms with E-state index >= 15 is 0 Å². The van der Waals surface area contributed by atoms with Crippen LogP contribution in [-0.4, -0.2) is 31.9 Å². The molecule has 0 aromatic heterocycles. The maximum Gasteiger partial charge on any atom is 0.213 e. The minimum absolute atomic E-state index is 0.0677. The molecule has 2 heterocycles. The van der Waals surface area contributed by atoms with Crippen LogP contribution in [0.3, 0.4) is 0 Å². The highest BCUT2D eigenvalue weighted by molar-refractivity contribution is 6.30. The highest BCUT2D eigenvalue weighted by atomic mass is 35.5. The molecule has 3 aromatic rings. The van der Waals surface area contributed by atoms with Gasteiger partial charge in [0.05, 0.1) is 18.9 Å². The van der Waals surface area contributed by atoms with E-state index in [2.05, 4.69) is 46.3 Å². The lowest BCUT2D eigenvalue weighted by molar-refractivity contribution is -0.0190. The topological polar surface area (TPSA) is 37.3 Å². The van der Waals surface area contributed by atoms with E-state index in [1.54, 1.807) is 7.11 Å². The van der Waals surface area contributed by atoms with Gasteiger partial charge in [-0.15, -0.1) is 0 Å². The molecule has 3 aromatic carbocycles. The summed E-state index contributed by atoms with van der Waals surface area (Å²) >= 11 is 6.32. The quantitative estimate of drug-likeness (QED) is 0.532. The molecule has 5 rings (SSSR count). The molecule has 0 amide bonds. The monoisotopic (exact) mass is 433 g/mol. The molecule has 158 valence electrons. The van der Waals surface area contributed by atoms with Gasteiger partial charge in [-0.25, -0.2) is 5.01 Å². The third-order valence-electron chi connectivity index (χ3n) is 5.87.